The summed E-state index contributed by atoms with van der Waals surface area (Å²) in [4.78, 5) is 4.63. The number of thiazole rings is 1. The number of nitrogens with two attached hydrogens (primary N) is 1. The molecule has 0 amide bonds. The van der Waals surface area contributed by atoms with Crippen LogP contribution >= 0.6 is 11.3 Å². The first-order valence-corrected chi connectivity index (χ1v) is 8.91. The van der Waals surface area contributed by atoms with Gasteiger partial charge in [-0.05, 0) is 31.5 Å². The summed E-state index contributed by atoms with van der Waals surface area (Å²) in [7, 11) is 0. The number of aromatic nitrogens is 4. The summed E-state index contributed by atoms with van der Waals surface area (Å²) in [6.45, 7) is 3.75. The molecule has 0 radical (unpaired) electrons. The zero-order valence-corrected chi connectivity index (χ0v) is 15.1. The molecule has 0 saturated carbocycles. The number of rotatable bonds is 3. The molecule has 0 aliphatic rings. The fraction of sp³-hybridized carbons (Fsp3) is 0.105. The number of hydrogen-bond donors (Lipinski definition) is 1. The van der Waals surface area contributed by atoms with Crippen molar-refractivity contribution in [2.45, 2.75) is 13.8 Å². The van der Waals surface area contributed by atoms with Gasteiger partial charge >= 0.3 is 0 Å². The monoisotopic (exact) mass is 365 g/mol. The molecule has 2 N–H and O–H groups in total. The molecule has 130 valence electrons. The molecule has 2 aromatic carbocycles. The fourth-order valence-electron chi connectivity index (χ4n) is 2.59. The van der Waals surface area contributed by atoms with Crippen LogP contribution in [0.1, 0.15) is 11.1 Å². The molecular formula is C19H16FN5S. The normalized spacial score (nSPS) is 11.0. The molecule has 4 aromatic rings. The van der Waals surface area contributed by atoms with Gasteiger partial charge < -0.3 is 5.73 Å². The summed E-state index contributed by atoms with van der Waals surface area (Å²) in [6, 6.07) is 13.0. The number of anilines is 1. The second-order valence-corrected chi connectivity index (χ2v) is 6.93. The van der Waals surface area contributed by atoms with Crippen molar-refractivity contribution in [3.05, 3.63) is 64.8 Å². The minimum atomic E-state index is -0.310. The van der Waals surface area contributed by atoms with Crippen molar-refractivity contribution in [2.24, 2.45) is 0 Å². The van der Waals surface area contributed by atoms with Crippen LogP contribution in [0.4, 0.5) is 10.2 Å². The minimum absolute atomic E-state index is 0.310. The summed E-state index contributed by atoms with van der Waals surface area (Å²) in [6.07, 6.45) is 0. The SMILES string of the molecule is Cc1ccc(-c2csc(-c3nnn(-c4ccc(C)c(F)c4)c3N)n2)cc1. The summed E-state index contributed by atoms with van der Waals surface area (Å²) in [5.41, 5.74) is 10.9. The lowest BCUT2D eigenvalue weighted by Gasteiger charge is -2.04. The van der Waals surface area contributed by atoms with Crippen molar-refractivity contribution in [3.63, 3.8) is 0 Å². The molecule has 7 heteroatoms. The topological polar surface area (TPSA) is 69.6 Å². The molecule has 0 unspecified atom stereocenters. The molecular weight excluding hydrogens is 349 g/mol. The minimum Gasteiger partial charge on any atom is -0.382 e. The van der Waals surface area contributed by atoms with E-state index in [1.165, 1.54) is 27.6 Å². The lowest BCUT2D eigenvalue weighted by Crippen LogP contribution is -2.03. The van der Waals surface area contributed by atoms with Gasteiger partial charge in [-0.1, -0.05) is 41.1 Å². The number of nitrogen functional groups attached to an aromatic ring is 1. The van der Waals surface area contributed by atoms with Crippen LogP contribution in [0.5, 0.6) is 0 Å². The summed E-state index contributed by atoms with van der Waals surface area (Å²) < 4.78 is 15.3. The lowest BCUT2D eigenvalue weighted by atomic mass is 10.1. The van der Waals surface area contributed by atoms with Crippen LogP contribution < -0.4 is 5.73 Å². The van der Waals surface area contributed by atoms with Gasteiger partial charge in [-0.15, -0.1) is 16.4 Å². The van der Waals surface area contributed by atoms with Crippen LogP contribution in [0.2, 0.25) is 0 Å². The molecule has 0 atom stereocenters. The smallest absolute Gasteiger partial charge is 0.165 e. The maximum Gasteiger partial charge on any atom is 0.165 e. The first kappa shape index (κ1) is 16.4. The van der Waals surface area contributed by atoms with Crippen molar-refractivity contribution in [1.29, 1.82) is 0 Å². The standard InChI is InChI=1S/C19H16FN5S/c1-11-3-6-13(7-4-11)16-10-26-19(22-16)17-18(21)25(24-23-17)14-8-5-12(2)15(20)9-14/h3-10H,21H2,1-2H3. The average Bonchev–Trinajstić information content (AvgIpc) is 3.25. The van der Waals surface area contributed by atoms with E-state index in [0.717, 1.165) is 11.3 Å². The van der Waals surface area contributed by atoms with Gasteiger partial charge in [0.2, 0.25) is 0 Å². The highest BCUT2D eigenvalue weighted by atomic mass is 32.1. The fourth-order valence-corrected chi connectivity index (χ4v) is 3.41. The van der Waals surface area contributed by atoms with E-state index in [9.17, 15) is 4.39 Å². The third-order valence-electron chi connectivity index (χ3n) is 4.16. The molecule has 0 saturated heterocycles. The third-order valence-corrected chi connectivity index (χ3v) is 5.01. The molecule has 0 aliphatic carbocycles. The van der Waals surface area contributed by atoms with Crippen LogP contribution in [-0.4, -0.2) is 20.0 Å². The molecule has 2 heterocycles. The Morgan fingerprint density at radius 2 is 1.85 bits per heavy atom. The second-order valence-electron chi connectivity index (χ2n) is 6.07. The zero-order valence-electron chi connectivity index (χ0n) is 14.3. The van der Waals surface area contributed by atoms with Gasteiger partial charge in [-0.3, -0.25) is 0 Å². The molecule has 5 nitrogen and oxygen atoms in total. The van der Waals surface area contributed by atoms with Gasteiger partial charge in [-0.2, -0.15) is 4.68 Å². The number of benzene rings is 2. The van der Waals surface area contributed by atoms with Crippen LogP contribution in [-0.2, 0) is 0 Å². The van der Waals surface area contributed by atoms with E-state index >= 15 is 0 Å². The van der Waals surface area contributed by atoms with E-state index < -0.39 is 0 Å². The van der Waals surface area contributed by atoms with Gasteiger partial charge in [0.25, 0.3) is 0 Å². The maximum absolute atomic E-state index is 13.8. The molecule has 0 bridgehead atoms. The molecule has 0 spiro atoms. The summed E-state index contributed by atoms with van der Waals surface area (Å²) in [5.74, 6) is 0.0212. The Bertz CT molecular complexity index is 1080. The van der Waals surface area contributed by atoms with Crippen LogP contribution in [0.25, 0.3) is 27.6 Å². The lowest BCUT2D eigenvalue weighted by molar-refractivity contribution is 0.616. The van der Waals surface area contributed by atoms with Crippen molar-refractivity contribution in [1.82, 2.24) is 20.0 Å². The maximum atomic E-state index is 13.8. The number of hydrogen-bond acceptors (Lipinski definition) is 5. The summed E-state index contributed by atoms with van der Waals surface area (Å²) in [5, 5.41) is 10.9. The van der Waals surface area contributed by atoms with E-state index in [-0.39, 0.29) is 5.82 Å². The van der Waals surface area contributed by atoms with Gasteiger partial charge in [0, 0.05) is 10.9 Å². The molecule has 4 rings (SSSR count). The highest BCUT2D eigenvalue weighted by Gasteiger charge is 2.17. The Labute approximate surface area is 153 Å². The quantitative estimate of drug-likeness (QED) is 0.584. The van der Waals surface area contributed by atoms with Gasteiger partial charge in [-0.25, -0.2) is 9.37 Å². The molecule has 0 fully saturated rings. The first-order chi connectivity index (χ1) is 12.5. The zero-order chi connectivity index (χ0) is 18.3. The van der Waals surface area contributed by atoms with Crippen LogP contribution in [0.15, 0.2) is 47.8 Å². The average molecular weight is 365 g/mol. The Morgan fingerprint density at radius 1 is 1.08 bits per heavy atom. The molecule has 26 heavy (non-hydrogen) atoms. The van der Waals surface area contributed by atoms with Crippen LogP contribution in [0.3, 0.4) is 0 Å². The Hall–Kier alpha value is -3.06. The molecule has 2 aromatic heterocycles. The Kier molecular flexibility index (Phi) is 4.00. The van der Waals surface area contributed by atoms with Gasteiger partial charge in [0.1, 0.15) is 10.8 Å². The van der Waals surface area contributed by atoms with E-state index in [4.69, 9.17) is 5.73 Å². The van der Waals surface area contributed by atoms with Crippen LogP contribution in [0, 0.1) is 19.7 Å². The highest BCUT2D eigenvalue weighted by molar-refractivity contribution is 7.13. The third kappa shape index (κ3) is 2.86. The number of aryl methyl sites for hydroxylation is 2. The van der Waals surface area contributed by atoms with Crippen molar-refractivity contribution in [2.75, 3.05) is 5.73 Å². The predicted octanol–water partition coefficient (Wildman–Crippen LogP) is 4.40. The second kappa shape index (κ2) is 6.34. The van der Waals surface area contributed by atoms with Crippen molar-refractivity contribution in [3.8, 4) is 27.6 Å². The van der Waals surface area contributed by atoms with E-state index in [2.05, 4.69) is 15.3 Å². The Balaban J connectivity index is 1.70. The van der Waals surface area contributed by atoms with Crippen molar-refractivity contribution >= 4 is 17.2 Å². The summed E-state index contributed by atoms with van der Waals surface area (Å²) >= 11 is 1.45. The van der Waals surface area contributed by atoms with E-state index in [1.54, 1.807) is 19.1 Å². The Morgan fingerprint density at radius 3 is 2.58 bits per heavy atom. The van der Waals surface area contributed by atoms with E-state index in [1.807, 2.05) is 36.6 Å². The van der Waals surface area contributed by atoms with E-state index in [0.29, 0.717) is 27.8 Å². The van der Waals surface area contributed by atoms with Gasteiger partial charge in [0.15, 0.2) is 11.5 Å². The number of halogens is 1. The molecule has 0 aliphatic heterocycles. The van der Waals surface area contributed by atoms with Gasteiger partial charge in [0.05, 0.1) is 11.4 Å². The van der Waals surface area contributed by atoms with Crippen molar-refractivity contribution < 1.29 is 4.39 Å². The largest absolute Gasteiger partial charge is 0.382 e. The first-order valence-electron chi connectivity index (χ1n) is 8.03. The number of nitrogens with zero attached hydrogens (tertiary/aromatic N) is 4. The highest BCUT2D eigenvalue weighted by Crippen LogP contribution is 2.31. The predicted molar refractivity (Wildman–Crippen MR) is 102 cm³/mol.